The van der Waals surface area contributed by atoms with E-state index in [0.717, 1.165) is 17.5 Å². The SMILES string of the molecule is Cc1ccc(CN(CCc2c[nH]c3ccccc23)C(=O)CN(CC(C)C)C(=O)C(C)C)cc1. The molecule has 176 valence electrons. The number of para-hydroxylation sites is 1. The molecular weight excluding hydrogens is 410 g/mol. The number of aromatic amines is 1. The highest BCUT2D eigenvalue weighted by Gasteiger charge is 2.24. The Kier molecular flexibility index (Phi) is 8.32. The first-order valence-corrected chi connectivity index (χ1v) is 11.9. The Morgan fingerprint density at radius 3 is 2.30 bits per heavy atom. The first-order valence-electron chi connectivity index (χ1n) is 11.9. The van der Waals surface area contributed by atoms with Gasteiger partial charge in [0.05, 0.1) is 6.54 Å². The lowest BCUT2D eigenvalue weighted by Crippen LogP contribution is -2.45. The summed E-state index contributed by atoms with van der Waals surface area (Å²) in [6.07, 6.45) is 2.79. The molecule has 3 rings (SSSR count). The largest absolute Gasteiger partial charge is 0.361 e. The normalized spacial score (nSPS) is 11.4. The third kappa shape index (κ3) is 6.70. The Morgan fingerprint density at radius 2 is 1.64 bits per heavy atom. The van der Waals surface area contributed by atoms with E-state index in [1.165, 1.54) is 16.5 Å². The fraction of sp³-hybridized carbons (Fsp3) is 0.429. The number of aryl methyl sites for hydroxylation is 1. The minimum Gasteiger partial charge on any atom is -0.361 e. The van der Waals surface area contributed by atoms with Gasteiger partial charge in [0.1, 0.15) is 0 Å². The van der Waals surface area contributed by atoms with Gasteiger partial charge < -0.3 is 14.8 Å². The van der Waals surface area contributed by atoms with Crippen molar-refractivity contribution in [2.24, 2.45) is 11.8 Å². The molecular formula is C28H37N3O2. The molecule has 0 atom stereocenters. The van der Waals surface area contributed by atoms with E-state index in [-0.39, 0.29) is 24.3 Å². The molecule has 0 radical (unpaired) electrons. The molecule has 33 heavy (non-hydrogen) atoms. The number of nitrogens with one attached hydrogen (secondary N) is 1. The van der Waals surface area contributed by atoms with E-state index in [9.17, 15) is 9.59 Å². The molecule has 2 aromatic carbocycles. The maximum absolute atomic E-state index is 13.5. The van der Waals surface area contributed by atoms with Crippen molar-refractivity contribution in [2.45, 2.75) is 47.6 Å². The van der Waals surface area contributed by atoms with Crippen LogP contribution in [0.5, 0.6) is 0 Å². The number of hydrogen-bond donors (Lipinski definition) is 1. The van der Waals surface area contributed by atoms with Gasteiger partial charge in [0.2, 0.25) is 11.8 Å². The second-order valence-electron chi connectivity index (χ2n) is 9.68. The van der Waals surface area contributed by atoms with Crippen molar-refractivity contribution in [3.8, 4) is 0 Å². The molecule has 2 amide bonds. The maximum Gasteiger partial charge on any atom is 0.242 e. The zero-order valence-corrected chi connectivity index (χ0v) is 20.6. The first-order chi connectivity index (χ1) is 15.7. The van der Waals surface area contributed by atoms with Gasteiger partial charge in [-0.05, 0) is 36.5 Å². The van der Waals surface area contributed by atoms with Gasteiger partial charge in [-0.1, -0.05) is 75.7 Å². The Hall–Kier alpha value is -3.08. The van der Waals surface area contributed by atoms with Crippen LogP contribution in [0.4, 0.5) is 0 Å². The van der Waals surface area contributed by atoms with Crippen molar-refractivity contribution < 1.29 is 9.59 Å². The van der Waals surface area contributed by atoms with Crippen molar-refractivity contribution in [1.29, 1.82) is 0 Å². The van der Waals surface area contributed by atoms with Crippen LogP contribution in [-0.2, 0) is 22.6 Å². The third-order valence-corrected chi connectivity index (χ3v) is 5.89. The fourth-order valence-electron chi connectivity index (χ4n) is 4.10. The molecule has 3 aromatic rings. The summed E-state index contributed by atoms with van der Waals surface area (Å²) in [6, 6.07) is 16.5. The van der Waals surface area contributed by atoms with Crippen molar-refractivity contribution >= 4 is 22.7 Å². The summed E-state index contributed by atoms with van der Waals surface area (Å²) in [7, 11) is 0. The van der Waals surface area contributed by atoms with E-state index in [0.29, 0.717) is 25.6 Å². The molecule has 0 bridgehead atoms. The van der Waals surface area contributed by atoms with Gasteiger partial charge in [-0.3, -0.25) is 9.59 Å². The van der Waals surface area contributed by atoms with Crippen LogP contribution in [0.15, 0.2) is 54.7 Å². The summed E-state index contributed by atoms with van der Waals surface area (Å²) in [5.74, 6) is 0.194. The molecule has 0 spiro atoms. The highest BCUT2D eigenvalue weighted by atomic mass is 16.2. The zero-order chi connectivity index (χ0) is 24.0. The second kappa shape index (κ2) is 11.2. The molecule has 0 unspecified atom stereocenters. The summed E-state index contributed by atoms with van der Waals surface area (Å²) in [6.45, 7) is 11.8. The number of nitrogens with zero attached hydrogens (tertiary/aromatic N) is 2. The number of hydrogen-bond acceptors (Lipinski definition) is 2. The Labute approximate surface area is 197 Å². The second-order valence-corrected chi connectivity index (χ2v) is 9.68. The molecule has 5 heteroatoms. The van der Waals surface area contributed by atoms with Crippen LogP contribution in [0.25, 0.3) is 10.9 Å². The van der Waals surface area contributed by atoms with Crippen LogP contribution in [0.1, 0.15) is 44.4 Å². The monoisotopic (exact) mass is 447 g/mol. The average Bonchev–Trinajstić information content (AvgIpc) is 3.19. The number of carbonyl (C=O) groups excluding carboxylic acids is 2. The minimum absolute atomic E-state index is 0.00920. The molecule has 1 N–H and O–H groups in total. The lowest BCUT2D eigenvalue weighted by atomic mass is 10.1. The van der Waals surface area contributed by atoms with Gasteiger partial charge in [-0.25, -0.2) is 0 Å². The standard InChI is InChI=1S/C28H37N3O2/c1-20(2)17-31(28(33)21(3)4)19-27(32)30(18-23-12-10-22(5)11-13-23)15-14-24-16-29-26-9-7-6-8-25(24)26/h6-13,16,20-21,29H,14-15,17-19H2,1-5H3. The number of rotatable bonds is 10. The van der Waals surface area contributed by atoms with Crippen LogP contribution in [-0.4, -0.2) is 46.2 Å². The van der Waals surface area contributed by atoms with E-state index in [1.54, 1.807) is 4.90 Å². The molecule has 0 saturated heterocycles. The van der Waals surface area contributed by atoms with Gasteiger partial charge in [-0.15, -0.1) is 0 Å². The summed E-state index contributed by atoms with van der Waals surface area (Å²) < 4.78 is 0. The third-order valence-electron chi connectivity index (χ3n) is 5.89. The minimum atomic E-state index is -0.131. The molecule has 0 aliphatic rings. The Bertz CT molecular complexity index is 1070. The fourth-order valence-corrected chi connectivity index (χ4v) is 4.10. The number of H-pyrrole nitrogens is 1. The first kappa shape index (κ1) is 24.6. The van der Waals surface area contributed by atoms with E-state index >= 15 is 0 Å². The highest BCUT2D eigenvalue weighted by molar-refractivity contribution is 5.86. The predicted octanol–water partition coefficient (Wildman–Crippen LogP) is 5.19. The van der Waals surface area contributed by atoms with E-state index in [1.807, 2.05) is 37.1 Å². The van der Waals surface area contributed by atoms with Gasteiger partial charge >= 0.3 is 0 Å². The van der Waals surface area contributed by atoms with Crippen LogP contribution in [0.3, 0.4) is 0 Å². The Morgan fingerprint density at radius 1 is 0.939 bits per heavy atom. The predicted molar refractivity (Wildman–Crippen MR) is 135 cm³/mol. The van der Waals surface area contributed by atoms with Gasteiger partial charge in [-0.2, -0.15) is 0 Å². The van der Waals surface area contributed by atoms with Gasteiger partial charge in [0.15, 0.2) is 0 Å². The molecule has 0 saturated carbocycles. The molecule has 1 heterocycles. The van der Waals surface area contributed by atoms with E-state index in [2.05, 4.69) is 62.2 Å². The average molecular weight is 448 g/mol. The van der Waals surface area contributed by atoms with E-state index in [4.69, 9.17) is 0 Å². The molecule has 0 aliphatic heterocycles. The van der Waals surface area contributed by atoms with Gasteiger partial charge in [0.25, 0.3) is 0 Å². The zero-order valence-electron chi connectivity index (χ0n) is 20.6. The van der Waals surface area contributed by atoms with Crippen molar-refractivity contribution in [3.63, 3.8) is 0 Å². The van der Waals surface area contributed by atoms with Crippen LogP contribution >= 0.6 is 0 Å². The topological polar surface area (TPSA) is 56.4 Å². The summed E-state index contributed by atoms with van der Waals surface area (Å²) >= 11 is 0. The number of carbonyl (C=O) groups is 2. The van der Waals surface area contributed by atoms with Crippen LogP contribution in [0.2, 0.25) is 0 Å². The van der Waals surface area contributed by atoms with Crippen LogP contribution < -0.4 is 0 Å². The highest BCUT2D eigenvalue weighted by Crippen LogP contribution is 2.19. The summed E-state index contributed by atoms with van der Waals surface area (Å²) in [4.78, 5) is 33.2. The number of fused-ring (bicyclic) bond motifs is 1. The molecule has 0 aliphatic carbocycles. The van der Waals surface area contributed by atoms with Crippen molar-refractivity contribution in [3.05, 3.63) is 71.4 Å². The Balaban J connectivity index is 1.79. The molecule has 0 fully saturated rings. The molecule has 5 nitrogen and oxygen atoms in total. The lowest BCUT2D eigenvalue weighted by molar-refractivity contribution is -0.143. The number of benzene rings is 2. The van der Waals surface area contributed by atoms with Gasteiger partial charge in [0, 0.05) is 42.7 Å². The number of amides is 2. The quantitative estimate of drug-likeness (QED) is 0.465. The van der Waals surface area contributed by atoms with Crippen molar-refractivity contribution in [2.75, 3.05) is 19.6 Å². The number of aromatic nitrogens is 1. The summed E-state index contributed by atoms with van der Waals surface area (Å²) in [5, 5.41) is 1.19. The molecule has 1 aromatic heterocycles. The lowest BCUT2D eigenvalue weighted by Gasteiger charge is -2.30. The van der Waals surface area contributed by atoms with E-state index < -0.39 is 0 Å². The maximum atomic E-state index is 13.5. The smallest absolute Gasteiger partial charge is 0.242 e. The van der Waals surface area contributed by atoms with Crippen molar-refractivity contribution in [1.82, 2.24) is 14.8 Å². The summed E-state index contributed by atoms with van der Waals surface area (Å²) in [5.41, 5.74) is 4.60. The van der Waals surface area contributed by atoms with Crippen LogP contribution in [0, 0.1) is 18.8 Å².